The number of allylic oxidation sites excluding steroid dienone is 2. The van der Waals surface area contributed by atoms with Crippen LogP contribution in [0.4, 0.5) is 0 Å². The van der Waals surface area contributed by atoms with Gasteiger partial charge in [0.15, 0.2) is 0 Å². The topological polar surface area (TPSA) is 3.24 Å². The molecule has 0 saturated carbocycles. The van der Waals surface area contributed by atoms with Crippen LogP contribution in [0.2, 0.25) is 0 Å². The van der Waals surface area contributed by atoms with E-state index in [4.69, 9.17) is 0 Å². The highest BCUT2D eigenvalue weighted by Crippen LogP contribution is 2.22. The van der Waals surface area contributed by atoms with Crippen molar-refractivity contribution < 1.29 is 0 Å². The van der Waals surface area contributed by atoms with Gasteiger partial charge in [0.2, 0.25) is 0 Å². The molecule has 0 bridgehead atoms. The van der Waals surface area contributed by atoms with Gasteiger partial charge < -0.3 is 4.90 Å². The van der Waals surface area contributed by atoms with E-state index >= 15 is 0 Å². The fraction of sp³-hybridized carbons (Fsp3) is 0.879. The summed E-state index contributed by atoms with van der Waals surface area (Å²) < 4.78 is 0. The van der Waals surface area contributed by atoms with Crippen molar-refractivity contribution in [1.29, 1.82) is 0 Å². The zero-order valence-electron chi connectivity index (χ0n) is 24.4. The van der Waals surface area contributed by atoms with Crippen LogP contribution in [0.25, 0.3) is 0 Å². The lowest BCUT2D eigenvalue weighted by Crippen LogP contribution is -2.21. The zero-order valence-corrected chi connectivity index (χ0v) is 24.4. The van der Waals surface area contributed by atoms with Gasteiger partial charge in [-0.05, 0) is 77.3 Å². The van der Waals surface area contributed by atoms with Gasteiger partial charge in [-0.2, -0.15) is 0 Å². The van der Waals surface area contributed by atoms with Crippen molar-refractivity contribution in [2.75, 3.05) is 20.6 Å². The van der Waals surface area contributed by atoms with Crippen LogP contribution >= 0.6 is 0 Å². The fourth-order valence-corrected chi connectivity index (χ4v) is 5.25. The van der Waals surface area contributed by atoms with Gasteiger partial charge in [-0.15, -0.1) is 6.58 Å². The predicted octanol–water partition coefficient (Wildman–Crippen LogP) is 11.1. The van der Waals surface area contributed by atoms with Gasteiger partial charge in [0.1, 0.15) is 0 Å². The van der Waals surface area contributed by atoms with Crippen LogP contribution in [0.1, 0.15) is 155 Å². The summed E-state index contributed by atoms with van der Waals surface area (Å²) in [6.07, 6.45) is 32.5. The first-order valence-electron chi connectivity index (χ1n) is 15.4. The minimum atomic E-state index is 0.881. The largest absolute Gasteiger partial charge is 0.309 e. The molecular formula is C33H65N. The van der Waals surface area contributed by atoms with Gasteiger partial charge in [-0.25, -0.2) is 0 Å². The molecule has 0 aliphatic rings. The lowest BCUT2D eigenvalue weighted by Gasteiger charge is -2.21. The molecule has 0 fully saturated rings. The van der Waals surface area contributed by atoms with Gasteiger partial charge in [-0.1, -0.05) is 122 Å². The normalized spacial score (nSPS) is 13.3. The maximum absolute atomic E-state index is 4.37. The molecule has 0 aromatic rings. The van der Waals surface area contributed by atoms with Crippen LogP contribution in [0, 0.1) is 11.8 Å². The van der Waals surface area contributed by atoms with E-state index in [1.165, 1.54) is 153 Å². The maximum Gasteiger partial charge on any atom is 0.000356 e. The van der Waals surface area contributed by atoms with Crippen molar-refractivity contribution in [2.45, 2.75) is 155 Å². The average Bonchev–Trinajstić information content (AvgIpc) is 2.81. The van der Waals surface area contributed by atoms with Crippen molar-refractivity contribution in [1.82, 2.24) is 4.90 Å². The molecule has 1 nitrogen and oxygen atoms in total. The minimum absolute atomic E-state index is 0.881. The molecule has 1 heteroatoms. The standard InChI is InChI=1S/C33H65N/c1-7-9-11-13-14-15-18-22-26-33(30-34(5)6)27-23-19-16-17-21-25-32(4)29-28-31(3)24-20-12-10-8-2/h7,31,33H,1,4,8-30H2,2-3,5-6H3. The number of nitrogens with zero attached hydrogens (tertiary/aromatic N) is 1. The number of rotatable bonds is 27. The second-order valence-electron chi connectivity index (χ2n) is 11.7. The van der Waals surface area contributed by atoms with Crippen molar-refractivity contribution >= 4 is 0 Å². The van der Waals surface area contributed by atoms with Crippen LogP contribution in [0.3, 0.4) is 0 Å². The molecule has 0 aromatic heterocycles. The highest BCUT2D eigenvalue weighted by atomic mass is 15.1. The van der Waals surface area contributed by atoms with E-state index in [2.05, 4.69) is 52.1 Å². The summed E-state index contributed by atoms with van der Waals surface area (Å²) in [7, 11) is 4.49. The summed E-state index contributed by atoms with van der Waals surface area (Å²) in [6.45, 7) is 14.2. The molecule has 0 rings (SSSR count). The highest BCUT2D eigenvalue weighted by Gasteiger charge is 2.10. The maximum atomic E-state index is 4.37. The molecule has 0 saturated heterocycles. The Kier molecular flexibility index (Phi) is 25.1. The molecule has 0 amide bonds. The lowest BCUT2D eigenvalue weighted by molar-refractivity contribution is 0.286. The molecule has 0 radical (unpaired) electrons. The Bertz CT molecular complexity index is 438. The van der Waals surface area contributed by atoms with Gasteiger partial charge in [0, 0.05) is 6.54 Å². The highest BCUT2D eigenvalue weighted by molar-refractivity contribution is 4.93. The van der Waals surface area contributed by atoms with Crippen molar-refractivity contribution in [3.63, 3.8) is 0 Å². The van der Waals surface area contributed by atoms with Crippen LogP contribution in [0.15, 0.2) is 24.8 Å². The van der Waals surface area contributed by atoms with E-state index in [1.54, 1.807) is 0 Å². The van der Waals surface area contributed by atoms with Crippen LogP contribution in [-0.4, -0.2) is 25.5 Å². The summed E-state index contributed by atoms with van der Waals surface area (Å²) in [5, 5.41) is 0. The third kappa shape index (κ3) is 24.6. The fourth-order valence-electron chi connectivity index (χ4n) is 5.25. The molecule has 0 N–H and O–H groups in total. The van der Waals surface area contributed by atoms with E-state index in [-0.39, 0.29) is 0 Å². The molecule has 0 aliphatic heterocycles. The Labute approximate surface area is 217 Å². The summed E-state index contributed by atoms with van der Waals surface area (Å²) in [4.78, 5) is 2.40. The molecule has 202 valence electrons. The number of unbranched alkanes of at least 4 members (excludes halogenated alkanes) is 13. The Morgan fingerprint density at radius 2 is 1.21 bits per heavy atom. The third-order valence-electron chi connectivity index (χ3n) is 7.58. The molecule has 0 spiro atoms. The van der Waals surface area contributed by atoms with E-state index in [0.717, 1.165) is 11.8 Å². The quantitative estimate of drug-likeness (QED) is 0.0843. The first-order chi connectivity index (χ1) is 16.5. The van der Waals surface area contributed by atoms with Crippen molar-refractivity contribution in [3.05, 3.63) is 24.8 Å². The van der Waals surface area contributed by atoms with Gasteiger partial charge in [-0.3, -0.25) is 0 Å². The van der Waals surface area contributed by atoms with Crippen LogP contribution < -0.4 is 0 Å². The van der Waals surface area contributed by atoms with Crippen molar-refractivity contribution in [3.8, 4) is 0 Å². The summed E-state index contributed by atoms with van der Waals surface area (Å²) in [5.74, 6) is 1.78. The van der Waals surface area contributed by atoms with E-state index in [9.17, 15) is 0 Å². The predicted molar refractivity (Wildman–Crippen MR) is 158 cm³/mol. The minimum Gasteiger partial charge on any atom is -0.309 e. The van der Waals surface area contributed by atoms with E-state index in [0.29, 0.717) is 0 Å². The molecule has 0 heterocycles. The smallest absolute Gasteiger partial charge is 0.000356 e. The number of hydrogen-bond donors (Lipinski definition) is 0. The second kappa shape index (κ2) is 25.5. The Balaban J connectivity index is 3.70. The SMILES string of the molecule is C=CCCCCCCCCC(CCCCCCCC(=C)CCC(C)CCCCCC)CN(C)C. The summed E-state index contributed by atoms with van der Waals surface area (Å²) >= 11 is 0. The Morgan fingerprint density at radius 3 is 1.79 bits per heavy atom. The van der Waals surface area contributed by atoms with Gasteiger partial charge in [0.25, 0.3) is 0 Å². The first-order valence-corrected chi connectivity index (χ1v) is 15.4. The molecule has 2 unspecified atom stereocenters. The lowest BCUT2D eigenvalue weighted by atomic mass is 9.93. The van der Waals surface area contributed by atoms with Gasteiger partial charge >= 0.3 is 0 Å². The third-order valence-corrected chi connectivity index (χ3v) is 7.58. The van der Waals surface area contributed by atoms with E-state index < -0.39 is 0 Å². The summed E-state index contributed by atoms with van der Waals surface area (Å²) in [6, 6.07) is 0. The zero-order chi connectivity index (χ0) is 25.3. The average molecular weight is 476 g/mol. The van der Waals surface area contributed by atoms with E-state index in [1.807, 2.05) is 0 Å². The molecule has 2 atom stereocenters. The molecule has 0 aliphatic carbocycles. The molecule has 34 heavy (non-hydrogen) atoms. The van der Waals surface area contributed by atoms with Crippen LogP contribution in [0.5, 0.6) is 0 Å². The molecule has 0 aromatic carbocycles. The van der Waals surface area contributed by atoms with Crippen molar-refractivity contribution in [2.24, 2.45) is 11.8 Å². The Morgan fingerprint density at radius 1 is 0.676 bits per heavy atom. The van der Waals surface area contributed by atoms with Gasteiger partial charge in [0.05, 0.1) is 0 Å². The van der Waals surface area contributed by atoms with Crippen LogP contribution in [-0.2, 0) is 0 Å². The number of hydrogen-bond acceptors (Lipinski definition) is 1. The molecular weight excluding hydrogens is 410 g/mol. The summed E-state index contributed by atoms with van der Waals surface area (Å²) in [5.41, 5.74) is 1.51. The Hall–Kier alpha value is -0.560. The monoisotopic (exact) mass is 476 g/mol. The second-order valence-corrected chi connectivity index (χ2v) is 11.7. The first kappa shape index (κ1) is 33.4.